The molecule has 2 heterocycles. The van der Waals surface area contributed by atoms with Crippen LogP contribution in [-0.4, -0.2) is 27.1 Å². The quantitative estimate of drug-likeness (QED) is 0.233. The van der Waals surface area contributed by atoms with Gasteiger partial charge in [-0.1, -0.05) is 78.9 Å². The fraction of sp³-hybridized carbons (Fsp3) is 0.107. The molecule has 3 aromatic carbocycles. The van der Waals surface area contributed by atoms with Crippen molar-refractivity contribution in [1.29, 1.82) is 0 Å². The second-order valence-corrected chi connectivity index (χ2v) is 9.19. The van der Waals surface area contributed by atoms with Crippen molar-refractivity contribution < 1.29 is 9.90 Å². The summed E-state index contributed by atoms with van der Waals surface area (Å²) < 4.78 is 1.00. The Morgan fingerprint density at radius 2 is 1.53 bits per heavy atom. The Hall–Kier alpha value is -3.78. The zero-order valence-corrected chi connectivity index (χ0v) is 20.9. The number of benzene rings is 3. The number of thiophene rings is 1. The molecule has 36 heavy (non-hydrogen) atoms. The van der Waals surface area contributed by atoms with Gasteiger partial charge in [-0.15, -0.1) is 23.7 Å². The molecule has 0 aliphatic carbocycles. The third-order valence-corrected chi connectivity index (χ3v) is 6.89. The molecule has 0 aliphatic rings. The van der Waals surface area contributed by atoms with E-state index in [-0.39, 0.29) is 12.4 Å². The van der Waals surface area contributed by atoms with Gasteiger partial charge in [0.2, 0.25) is 0 Å². The highest BCUT2D eigenvalue weighted by Crippen LogP contribution is 2.36. The fourth-order valence-electron chi connectivity index (χ4n) is 3.97. The van der Waals surface area contributed by atoms with E-state index in [9.17, 15) is 4.79 Å². The fourth-order valence-corrected chi connectivity index (χ4v) is 4.97. The molecule has 4 N–H and O–H groups in total. The van der Waals surface area contributed by atoms with Gasteiger partial charge >= 0.3 is 5.97 Å². The lowest BCUT2D eigenvalue weighted by atomic mass is 10.0. The van der Waals surface area contributed by atoms with E-state index in [1.165, 1.54) is 16.7 Å². The van der Waals surface area contributed by atoms with Crippen LogP contribution in [0.3, 0.4) is 0 Å². The number of nitrogens with one attached hydrogen (secondary N) is 1. The molecule has 1 atom stereocenters. The maximum Gasteiger partial charge on any atom is 0.320 e. The number of nitrogens with zero attached hydrogens (tertiary/aromatic N) is 2. The molecular weight excluding hydrogens is 492 g/mol. The summed E-state index contributed by atoms with van der Waals surface area (Å²) in [5, 5.41) is 14.6. The lowest BCUT2D eigenvalue weighted by molar-refractivity contribution is -0.138. The van der Waals surface area contributed by atoms with Gasteiger partial charge in [-0.2, -0.15) is 0 Å². The standard InChI is InChI=1S/C28H24N4O2S.ClH/c29-24(28(33)34)14-18-6-12-22(13-7-18)23-16-35-26-25(23)31-17-32-27(26)30-15-19-8-10-21(11-9-19)20-4-2-1-3-5-20;/h1-13,16-17,24H,14-15,29H2,(H,33,34)(H,30,31,32);1H. The Bertz CT molecular complexity index is 1460. The third-order valence-electron chi connectivity index (χ3n) is 5.91. The summed E-state index contributed by atoms with van der Waals surface area (Å²) in [6, 6.07) is 25.8. The van der Waals surface area contributed by atoms with Crippen LogP contribution in [0.4, 0.5) is 5.82 Å². The van der Waals surface area contributed by atoms with Gasteiger partial charge in [-0.05, 0) is 34.2 Å². The topological polar surface area (TPSA) is 101 Å². The van der Waals surface area contributed by atoms with Crippen LogP contribution in [0, 0.1) is 0 Å². The number of carboxylic acid groups (broad SMARTS) is 1. The van der Waals surface area contributed by atoms with Crippen molar-refractivity contribution in [2.45, 2.75) is 19.0 Å². The number of halogens is 1. The molecular formula is C28H25ClN4O2S. The maximum absolute atomic E-state index is 11.0. The molecule has 0 radical (unpaired) electrons. The van der Waals surface area contributed by atoms with E-state index >= 15 is 0 Å². The van der Waals surface area contributed by atoms with E-state index < -0.39 is 12.0 Å². The predicted molar refractivity (Wildman–Crippen MR) is 149 cm³/mol. The van der Waals surface area contributed by atoms with E-state index in [0.29, 0.717) is 13.0 Å². The van der Waals surface area contributed by atoms with E-state index in [2.05, 4.69) is 57.1 Å². The van der Waals surface area contributed by atoms with Gasteiger partial charge in [0.05, 0.1) is 10.2 Å². The number of nitrogens with two attached hydrogens (primary N) is 1. The molecule has 0 saturated carbocycles. The van der Waals surface area contributed by atoms with Crippen molar-refractivity contribution in [1.82, 2.24) is 9.97 Å². The van der Waals surface area contributed by atoms with Gasteiger partial charge in [0.1, 0.15) is 18.2 Å². The monoisotopic (exact) mass is 516 g/mol. The van der Waals surface area contributed by atoms with Crippen molar-refractivity contribution in [3.05, 3.63) is 102 Å². The summed E-state index contributed by atoms with van der Waals surface area (Å²) >= 11 is 1.60. The molecule has 5 aromatic rings. The zero-order chi connectivity index (χ0) is 24.2. The first-order valence-electron chi connectivity index (χ1n) is 11.3. The minimum atomic E-state index is -0.998. The molecule has 182 valence electrons. The zero-order valence-electron chi connectivity index (χ0n) is 19.3. The van der Waals surface area contributed by atoms with Crippen LogP contribution >= 0.6 is 23.7 Å². The summed E-state index contributed by atoms with van der Waals surface area (Å²) in [5.41, 5.74) is 13.0. The van der Waals surface area contributed by atoms with Crippen molar-refractivity contribution in [2.75, 3.05) is 5.32 Å². The Morgan fingerprint density at radius 1 is 0.889 bits per heavy atom. The lowest BCUT2D eigenvalue weighted by Gasteiger charge is -2.09. The molecule has 5 rings (SSSR count). The van der Waals surface area contributed by atoms with E-state index in [0.717, 1.165) is 32.7 Å². The number of rotatable bonds is 8. The summed E-state index contributed by atoms with van der Waals surface area (Å²) in [6.07, 6.45) is 1.88. The van der Waals surface area contributed by atoms with Crippen molar-refractivity contribution in [2.24, 2.45) is 5.73 Å². The second kappa shape index (κ2) is 11.3. The van der Waals surface area contributed by atoms with E-state index in [4.69, 9.17) is 10.8 Å². The van der Waals surface area contributed by atoms with Crippen molar-refractivity contribution in [3.63, 3.8) is 0 Å². The number of aromatic nitrogens is 2. The molecule has 0 aliphatic heterocycles. The van der Waals surface area contributed by atoms with Gasteiger partial charge in [-0.3, -0.25) is 4.79 Å². The van der Waals surface area contributed by atoms with Gasteiger partial charge < -0.3 is 16.2 Å². The van der Waals surface area contributed by atoms with Crippen LogP contribution in [-0.2, 0) is 17.8 Å². The number of carbonyl (C=O) groups is 1. The Labute approximate surface area is 219 Å². The summed E-state index contributed by atoms with van der Waals surface area (Å²) in [5.74, 6) is -0.191. The number of hydrogen-bond acceptors (Lipinski definition) is 6. The van der Waals surface area contributed by atoms with E-state index in [1.54, 1.807) is 17.7 Å². The van der Waals surface area contributed by atoms with Crippen LogP contribution in [0.5, 0.6) is 0 Å². The number of aliphatic carboxylic acids is 1. The molecule has 0 fully saturated rings. The molecule has 2 aromatic heterocycles. The first kappa shape index (κ1) is 25.3. The van der Waals surface area contributed by atoms with Crippen LogP contribution < -0.4 is 11.1 Å². The molecule has 8 heteroatoms. The number of carboxylic acids is 1. The summed E-state index contributed by atoms with van der Waals surface area (Å²) in [6.45, 7) is 0.660. The van der Waals surface area contributed by atoms with Gasteiger partial charge in [-0.25, -0.2) is 9.97 Å². The predicted octanol–water partition coefficient (Wildman–Crippen LogP) is 6.01. The molecule has 0 amide bonds. The Balaban J connectivity index is 0.00000304. The normalized spacial score (nSPS) is 11.6. The van der Waals surface area contributed by atoms with Gasteiger partial charge in [0.25, 0.3) is 0 Å². The lowest BCUT2D eigenvalue weighted by Crippen LogP contribution is -2.32. The highest BCUT2D eigenvalue weighted by Gasteiger charge is 2.14. The maximum atomic E-state index is 11.0. The van der Waals surface area contributed by atoms with Crippen molar-refractivity contribution >= 4 is 45.7 Å². The summed E-state index contributed by atoms with van der Waals surface area (Å²) in [7, 11) is 0. The average Bonchev–Trinajstić information content (AvgIpc) is 3.33. The molecule has 1 unspecified atom stereocenters. The molecule has 0 spiro atoms. The summed E-state index contributed by atoms with van der Waals surface area (Å²) in [4.78, 5) is 20.0. The van der Waals surface area contributed by atoms with Crippen LogP contribution in [0.15, 0.2) is 90.6 Å². The van der Waals surface area contributed by atoms with Gasteiger partial charge in [0, 0.05) is 17.5 Å². The minimum Gasteiger partial charge on any atom is -0.480 e. The van der Waals surface area contributed by atoms with Crippen LogP contribution in [0.2, 0.25) is 0 Å². The first-order valence-corrected chi connectivity index (χ1v) is 12.1. The highest BCUT2D eigenvalue weighted by molar-refractivity contribution is 7.18. The average molecular weight is 517 g/mol. The van der Waals surface area contributed by atoms with Crippen LogP contribution in [0.1, 0.15) is 11.1 Å². The molecule has 0 bridgehead atoms. The van der Waals surface area contributed by atoms with Crippen molar-refractivity contribution in [3.8, 4) is 22.3 Å². The SMILES string of the molecule is Cl.NC(Cc1ccc(-c2csc3c(NCc4ccc(-c5ccccc5)cc4)ncnc23)cc1)C(=O)O. The number of hydrogen-bond donors (Lipinski definition) is 3. The Morgan fingerprint density at radius 3 is 2.22 bits per heavy atom. The molecule has 6 nitrogen and oxygen atoms in total. The first-order chi connectivity index (χ1) is 17.1. The number of anilines is 1. The third kappa shape index (κ3) is 5.54. The molecule has 0 saturated heterocycles. The minimum absolute atomic E-state index is 0. The van der Waals surface area contributed by atoms with Gasteiger partial charge in [0.15, 0.2) is 0 Å². The second-order valence-electron chi connectivity index (χ2n) is 8.31. The highest BCUT2D eigenvalue weighted by atomic mass is 35.5. The Kier molecular flexibility index (Phi) is 7.95. The van der Waals surface area contributed by atoms with Crippen LogP contribution in [0.25, 0.3) is 32.5 Å². The largest absolute Gasteiger partial charge is 0.480 e. The number of fused-ring (bicyclic) bond motifs is 1. The van der Waals surface area contributed by atoms with E-state index in [1.807, 2.05) is 42.5 Å². The smallest absolute Gasteiger partial charge is 0.320 e.